The van der Waals surface area contributed by atoms with E-state index < -0.39 is 17.9 Å². The highest BCUT2D eigenvalue weighted by molar-refractivity contribution is 5.90. The van der Waals surface area contributed by atoms with Crippen LogP contribution in [-0.2, 0) is 16.0 Å². The molecule has 1 heterocycles. The average Bonchev–Trinajstić information content (AvgIpc) is 2.49. The first-order valence-corrected chi connectivity index (χ1v) is 7.37. The summed E-state index contributed by atoms with van der Waals surface area (Å²) < 4.78 is 0. The van der Waals surface area contributed by atoms with Crippen LogP contribution in [0.25, 0.3) is 10.8 Å². The zero-order valence-electron chi connectivity index (χ0n) is 13.0. The highest BCUT2D eigenvalue weighted by Gasteiger charge is 2.21. The molecule has 0 aliphatic heterocycles. The number of carbonyl (C=O) groups excluding carboxylic acids is 1. The fourth-order valence-electron chi connectivity index (χ4n) is 2.40. The zero-order chi connectivity index (χ0) is 17.0. The summed E-state index contributed by atoms with van der Waals surface area (Å²) in [5.74, 6) is -1.36. The van der Waals surface area contributed by atoms with Crippen molar-refractivity contribution in [3.63, 3.8) is 0 Å². The van der Waals surface area contributed by atoms with Crippen molar-refractivity contribution in [1.29, 1.82) is 0 Å². The third-order valence-electron chi connectivity index (χ3n) is 3.44. The quantitative estimate of drug-likeness (QED) is 0.738. The monoisotopic (exact) mass is 317 g/mol. The maximum atomic E-state index is 12.1. The predicted octanol–water partition coefficient (Wildman–Crippen LogP) is 1.08. The smallest absolute Gasteiger partial charge is 0.326 e. The van der Waals surface area contributed by atoms with E-state index in [2.05, 4.69) is 15.5 Å². The SMILES string of the molecule is CC(C)C[C@@H](NC(=O)Cc1n[nH]c(=O)c2ccccc12)C(=O)O. The van der Waals surface area contributed by atoms with Crippen molar-refractivity contribution in [3.05, 3.63) is 40.3 Å². The van der Waals surface area contributed by atoms with Gasteiger partial charge in [0.15, 0.2) is 0 Å². The maximum Gasteiger partial charge on any atom is 0.326 e. The van der Waals surface area contributed by atoms with E-state index in [0.29, 0.717) is 22.9 Å². The number of nitrogens with one attached hydrogen (secondary N) is 2. The Morgan fingerprint density at radius 1 is 1.26 bits per heavy atom. The van der Waals surface area contributed by atoms with Gasteiger partial charge in [0, 0.05) is 5.39 Å². The van der Waals surface area contributed by atoms with Gasteiger partial charge in [-0.25, -0.2) is 9.89 Å². The minimum absolute atomic E-state index is 0.0980. The van der Waals surface area contributed by atoms with Gasteiger partial charge >= 0.3 is 5.97 Å². The Morgan fingerprint density at radius 2 is 1.91 bits per heavy atom. The number of nitrogens with zero attached hydrogens (tertiary/aromatic N) is 1. The van der Waals surface area contributed by atoms with Crippen molar-refractivity contribution >= 4 is 22.6 Å². The largest absolute Gasteiger partial charge is 0.480 e. The van der Waals surface area contributed by atoms with Gasteiger partial charge in [0.05, 0.1) is 17.5 Å². The first-order valence-electron chi connectivity index (χ1n) is 7.37. The van der Waals surface area contributed by atoms with Crippen molar-refractivity contribution in [3.8, 4) is 0 Å². The fraction of sp³-hybridized carbons (Fsp3) is 0.375. The van der Waals surface area contributed by atoms with E-state index in [-0.39, 0.29) is 17.9 Å². The van der Waals surface area contributed by atoms with Crippen LogP contribution >= 0.6 is 0 Å². The number of fused-ring (bicyclic) bond motifs is 1. The van der Waals surface area contributed by atoms with E-state index in [1.165, 1.54) is 0 Å². The number of carboxylic acid groups (broad SMARTS) is 1. The molecule has 1 amide bonds. The summed E-state index contributed by atoms with van der Waals surface area (Å²) in [7, 11) is 0. The van der Waals surface area contributed by atoms with Crippen molar-refractivity contribution in [2.75, 3.05) is 0 Å². The minimum Gasteiger partial charge on any atom is -0.480 e. The van der Waals surface area contributed by atoms with E-state index >= 15 is 0 Å². The Bertz CT molecular complexity index is 782. The summed E-state index contributed by atoms with van der Waals surface area (Å²) in [6.45, 7) is 3.78. The number of aromatic nitrogens is 2. The lowest BCUT2D eigenvalue weighted by atomic mass is 10.0. The molecule has 1 atom stereocenters. The first kappa shape index (κ1) is 16.7. The van der Waals surface area contributed by atoms with Crippen molar-refractivity contribution in [2.45, 2.75) is 32.7 Å². The Labute approximate surface area is 132 Å². The molecule has 0 spiro atoms. The molecule has 0 bridgehead atoms. The summed E-state index contributed by atoms with van der Waals surface area (Å²) in [4.78, 5) is 35.0. The Kier molecular flexibility index (Phi) is 5.10. The normalized spacial score (nSPS) is 12.3. The fourth-order valence-corrected chi connectivity index (χ4v) is 2.40. The number of aliphatic carboxylic acids is 1. The number of benzene rings is 1. The van der Waals surface area contributed by atoms with Gasteiger partial charge < -0.3 is 10.4 Å². The lowest BCUT2D eigenvalue weighted by Gasteiger charge is -2.16. The number of aromatic amines is 1. The molecule has 2 aromatic rings. The molecule has 2 rings (SSSR count). The van der Waals surface area contributed by atoms with Gasteiger partial charge in [-0.2, -0.15) is 5.10 Å². The standard InChI is InChI=1S/C16H19N3O4/c1-9(2)7-13(16(22)23)17-14(20)8-12-10-5-3-4-6-11(10)15(21)19-18-12/h3-6,9,13H,7-8H2,1-2H3,(H,17,20)(H,19,21)(H,22,23)/t13-/m1/s1. The number of hydrogen-bond donors (Lipinski definition) is 3. The number of H-pyrrole nitrogens is 1. The van der Waals surface area contributed by atoms with Gasteiger partial charge in [-0.05, 0) is 18.4 Å². The van der Waals surface area contributed by atoms with Crippen molar-refractivity contribution in [2.24, 2.45) is 5.92 Å². The lowest BCUT2D eigenvalue weighted by molar-refractivity contribution is -0.142. The van der Waals surface area contributed by atoms with Crippen LogP contribution in [0.5, 0.6) is 0 Å². The number of rotatable bonds is 6. The van der Waals surface area contributed by atoms with Crippen LogP contribution < -0.4 is 10.9 Å². The second-order valence-electron chi connectivity index (χ2n) is 5.81. The highest BCUT2D eigenvalue weighted by atomic mass is 16.4. The minimum atomic E-state index is -1.06. The molecule has 7 nitrogen and oxygen atoms in total. The van der Waals surface area contributed by atoms with Crippen molar-refractivity contribution in [1.82, 2.24) is 15.5 Å². The molecule has 0 radical (unpaired) electrons. The maximum absolute atomic E-state index is 12.1. The third-order valence-corrected chi connectivity index (χ3v) is 3.44. The van der Waals surface area contributed by atoms with Gasteiger partial charge in [-0.3, -0.25) is 9.59 Å². The van der Waals surface area contributed by atoms with Crippen LogP contribution in [0.3, 0.4) is 0 Å². The molecule has 0 unspecified atom stereocenters. The predicted molar refractivity (Wildman–Crippen MR) is 85.1 cm³/mol. The van der Waals surface area contributed by atoms with Gasteiger partial charge in [-0.15, -0.1) is 0 Å². The molecule has 1 aromatic carbocycles. The molecule has 3 N–H and O–H groups in total. The zero-order valence-corrected chi connectivity index (χ0v) is 13.0. The molecule has 0 fully saturated rings. The number of carboxylic acids is 1. The number of hydrogen-bond acceptors (Lipinski definition) is 4. The Morgan fingerprint density at radius 3 is 2.52 bits per heavy atom. The number of amides is 1. The Hall–Kier alpha value is -2.70. The lowest BCUT2D eigenvalue weighted by Crippen LogP contribution is -2.42. The first-order chi connectivity index (χ1) is 10.9. The van der Waals surface area contributed by atoms with E-state index in [0.717, 1.165) is 0 Å². The highest BCUT2D eigenvalue weighted by Crippen LogP contribution is 2.13. The molecule has 1 aromatic heterocycles. The van der Waals surface area contributed by atoms with Crippen LogP contribution in [-0.4, -0.2) is 33.2 Å². The summed E-state index contributed by atoms with van der Waals surface area (Å²) in [5.41, 5.74) is 0.0827. The molecule has 7 heteroatoms. The van der Waals surface area contributed by atoms with E-state index in [1.807, 2.05) is 13.8 Å². The summed E-state index contributed by atoms with van der Waals surface area (Å²) in [6.07, 6.45) is 0.250. The second kappa shape index (κ2) is 7.04. The second-order valence-corrected chi connectivity index (χ2v) is 5.81. The van der Waals surface area contributed by atoms with Crippen LogP contribution in [0.1, 0.15) is 26.0 Å². The third kappa shape index (κ3) is 4.15. The van der Waals surface area contributed by atoms with E-state index in [1.54, 1.807) is 24.3 Å². The molecule has 0 aliphatic carbocycles. The van der Waals surface area contributed by atoms with Gasteiger partial charge in [0.1, 0.15) is 6.04 Å². The molecular weight excluding hydrogens is 298 g/mol. The molecule has 0 aliphatic rings. The van der Waals surface area contributed by atoms with Crippen LogP contribution in [0.15, 0.2) is 29.1 Å². The molecular formula is C16H19N3O4. The van der Waals surface area contributed by atoms with Gasteiger partial charge in [-0.1, -0.05) is 32.0 Å². The van der Waals surface area contributed by atoms with Crippen LogP contribution in [0.4, 0.5) is 0 Å². The van der Waals surface area contributed by atoms with E-state index in [9.17, 15) is 14.4 Å². The number of carbonyl (C=O) groups is 2. The Balaban J connectivity index is 2.19. The van der Waals surface area contributed by atoms with Crippen LogP contribution in [0, 0.1) is 5.92 Å². The van der Waals surface area contributed by atoms with Gasteiger partial charge in [0.25, 0.3) is 5.56 Å². The average molecular weight is 317 g/mol. The summed E-state index contributed by atoms with van der Waals surface area (Å²) >= 11 is 0. The molecule has 122 valence electrons. The molecule has 0 saturated heterocycles. The molecule has 0 saturated carbocycles. The van der Waals surface area contributed by atoms with E-state index in [4.69, 9.17) is 5.11 Å². The summed E-state index contributed by atoms with van der Waals surface area (Å²) in [5, 5.41) is 19.0. The van der Waals surface area contributed by atoms with Gasteiger partial charge in [0.2, 0.25) is 5.91 Å². The van der Waals surface area contributed by atoms with Crippen molar-refractivity contribution < 1.29 is 14.7 Å². The van der Waals surface area contributed by atoms with Crippen LogP contribution in [0.2, 0.25) is 0 Å². The summed E-state index contributed by atoms with van der Waals surface area (Å²) in [6, 6.07) is 5.91. The topological polar surface area (TPSA) is 112 Å². The molecule has 23 heavy (non-hydrogen) atoms.